The zero-order chi connectivity index (χ0) is 11.8. The van der Waals surface area contributed by atoms with Crippen LogP contribution < -0.4 is 0 Å². The summed E-state index contributed by atoms with van der Waals surface area (Å²) in [4.78, 5) is 26.9. The zero-order valence-electron chi connectivity index (χ0n) is 8.83. The minimum atomic E-state index is -0.344. The molecular weight excluding hydrogens is 238 g/mol. The number of aromatic nitrogens is 1. The van der Waals surface area contributed by atoms with Crippen molar-refractivity contribution in [3.8, 4) is 0 Å². The number of Topliss-reactive ketones (excluding diaryl/α,β-unsaturated/α-hetero) is 1. The van der Waals surface area contributed by atoms with E-state index in [9.17, 15) is 9.59 Å². The van der Waals surface area contributed by atoms with E-state index in [1.54, 1.807) is 11.6 Å². The number of thiazole rings is 1. The SMILES string of the molecule is O=Cc1nc(C2C=CC3=COCC3C2=O)cs1. The van der Waals surface area contributed by atoms with Crippen molar-refractivity contribution in [1.82, 2.24) is 4.98 Å². The highest BCUT2D eigenvalue weighted by Crippen LogP contribution is 2.34. The number of ether oxygens (including phenoxy) is 1. The fourth-order valence-corrected chi connectivity index (χ4v) is 2.74. The van der Waals surface area contributed by atoms with Gasteiger partial charge in [0.15, 0.2) is 17.1 Å². The van der Waals surface area contributed by atoms with E-state index in [2.05, 4.69) is 4.98 Å². The summed E-state index contributed by atoms with van der Waals surface area (Å²) in [5.74, 6) is -0.422. The second-order valence-electron chi connectivity index (χ2n) is 3.97. The van der Waals surface area contributed by atoms with E-state index in [0.717, 1.165) is 5.57 Å². The molecule has 1 aliphatic carbocycles. The Morgan fingerprint density at radius 3 is 3.18 bits per heavy atom. The quantitative estimate of drug-likeness (QED) is 0.746. The van der Waals surface area contributed by atoms with Crippen LogP contribution in [0.15, 0.2) is 29.4 Å². The first-order valence-electron chi connectivity index (χ1n) is 5.24. The number of nitrogens with zero attached hydrogens (tertiary/aromatic N) is 1. The van der Waals surface area contributed by atoms with Crippen molar-refractivity contribution in [3.05, 3.63) is 40.1 Å². The van der Waals surface area contributed by atoms with Gasteiger partial charge in [0, 0.05) is 11.0 Å². The van der Waals surface area contributed by atoms with Gasteiger partial charge in [0.05, 0.1) is 23.8 Å². The van der Waals surface area contributed by atoms with Crippen LogP contribution in [0, 0.1) is 5.92 Å². The van der Waals surface area contributed by atoms with Gasteiger partial charge in [-0.15, -0.1) is 11.3 Å². The van der Waals surface area contributed by atoms with Gasteiger partial charge in [0.1, 0.15) is 6.61 Å². The first-order valence-corrected chi connectivity index (χ1v) is 6.12. The number of hydrogen-bond acceptors (Lipinski definition) is 5. The lowest BCUT2D eigenvalue weighted by molar-refractivity contribution is -0.122. The molecular formula is C12H9NO3S. The summed E-state index contributed by atoms with van der Waals surface area (Å²) in [6.07, 6.45) is 6.06. The van der Waals surface area contributed by atoms with Gasteiger partial charge < -0.3 is 4.74 Å². The van der Waals surface area contributed by atoms with Crippen molar-refractivity contribution < 1.29 is 14.3 Å². The molecule has 86 valence electrons. The van der Waals surface area contributed by atoms with Crippen molar-refractivity contribution in [2.45, 2.75) is 5.92 Å². The zero-order valence-corrected chi connectivity index (χ0v) is 9.65. The van der Waals surface area contributed by atoms with Crippen LogP contribution in [0.5, 0.6) is 0 Å². The van der Waals surface area contributed by atoms with Gasteiger partial charge in [-0.1, -0.05) is 12.2 Å². The number of ketones is 1. The molecule has 4 nitrogen and oxygen atoms in total. The lowest BCUT2D eigenvalue weighted by atomic mass is 9.82. The van der Waals surface area contributed by atoms with Gasteiger partial charge in [-0.25, -0.2) is 4.98 Å². The third-order valence-electron chi connectivity index (χ3n) is 2.97. The third kappa shape index (κ3) is 1.63. The molecule has 2 heterocycles. The van der Waals surface area contributed by atoms with Gasteiger partial charge in [0.2, 0.25) is 0 Å². The fourth-order valence-electron chi connectivity index (χ4n) is 2.08. The number of hydrogen-bond donors (Lipinski definition) is 0. The average Bonchev–Trinajstić information content (AvgIpc) is 2.97. The van der Waals surface area contributed by atoms with Crippen LogP contribution in [0.4, 0.5) is 0 Å². The van der Waals surface area contributed by atoms with Gasteiger partial charge in [-0.2, -0.15) is 0 Å². The fraction of sp³-hybridized carbons (Fsp3) is 0.250. The van der Waals surface area contributed by atoms with Crippen LogP contribution in [0.1, 0.15) is 21.4 Å². The molecule has 1 aliphatic heterocycles. The molecule has 1 aromatic rings. The van der Waals surface area contributed by atoms with Gasteiger partial charge >= 0.3 is 0 Å². The molecule has 17 heavy (non-hydrogen) atoms. The molecule has 2 atom stereocenters. The van der Waals surface area contributed by atoms with Crippen molar-refractivity contribution in [2.75, 3.05) is 6.61 Å². The molecule has 0 N–H and O–H groups in total. The number of carbonyl (C=O) groups is 2. The van der Waals surface area contributed by atoms with Gasteiger partial charge in [-0.3, -0.25) is 9.59 Å². The highest BCUT2D eigenvalue weighted by atomic mass is 32.1. The molecule has 0 radical (unpaired) electrons. The second kappa shape index (κ2) is 3.92. The Labute approximate surface area is 102 Å². The molecule has 0 spiro atoms. The Balaban J connectivity index is 1.94. The minimum absolute atomic E-state index is 0.0963. The van der Waals surface area contributed by atoms with Crippen LogP contribution in [0.3, 0.4) is 0 Å². The van der Waals surface area contributed by atoms with Gasteiger partial charge in [-0.05, 0) is 0 Å². The topological polar surface area (TPSA) is 56.3 Å². The largest absolute Gasteiger partial charge is 0.500 e. The lowest BCUT2D eigenvalue weighted by Gasteiger charge is -2.19. The summed E-state index contributed by atoms with van der Waals surface area (Å²) < 4.78 is 5.16. The van der Waals surface area contributed by atoms with E-state index in [4.69, 9.17) is 4.74 Å². The lowest BCUT2D eigenvalue weighted by Crippen LogP contribution is -2.26. The Bertz CT molecular complexity index is 544. The molecule has 0 aromatic carbocycles. The molecule has 3 rings (SSSR count). The van der Waals surface area contributed by atoms with Crippen molar-refractivity contribution in [1.29, 1.82) is 0 Å². The average molecular weight is 247 g/mol. The maximum atomic E-state index is 12.2. The normalized spacial score (nSPS) is 26.4. The number of aldehydes is 1. The number of fused-ring (bicyclic) bond motifs is 1. The molecule has 2 unspecified atom stereocenters. The summed E-state index contributed by atoms with van der Waals surface area (Å²) in [5, 5.41) is 2.17. The molecule has 0 bridgehead atoms. The van der Waals surface area contributed by atoms with Crippen molar-refractivity contribution >= 4 is 23.4 Å². The molecule has 0 saturated carbocycles. The van der Waals surface area contributed by atoms with Crippen LogP contribution in [-0.2, 0) is 9.53 Å². The summed E-state index contributed by atoms with van der Waals surface area (Å²) in [6.45, 7) is 0.416. The highest BCUT2D eigenvalue weighted by molar-refractivity contribution is 7.11. The van der Waals surface area contributed by atoms with E-state index in [1.165, 1.54) is 11.3 Å². The predicted molar refractivity (Wildman–Crippen MR) is 61.9 cm³/mol. The Hall–Kier alpha value is -1.75. The number of rotatable bonds is 2. The second-order valence-corrected chi connectivity index (χ2v) is 4.86. The van der Waals surface area contributed by atoms with Crippen LogP contribution in [0.2, 0.25) is 0 Å². The van der Waals surface area contributed by atoms with Crippen LogP contribution in [0.25, 0.3) is 0 Å². The first kappa shape index (κ1) is 10.4. The maximum absolute atomic E-state index is 12.2. The number of carbonyl (C=O) groups excluding carboxylic acids is 2. The molecule has 1 aromatic heterocycles. The molecule has 0 amide bonds. The molecule has 5 heteroatoms. The van der Waals surface area contributed by atoms with E-state index in [0.29, 0.717) is 23.6 Å². The molecule has 0 fully saturated rings. The summed E-state index contributed by atoms with van der Waals surface area (Å²) in [5.41, 5.74) is 1.58. The van der Waals surface area contributed by atoms with E-state index in [-0.39, 0.29) is 17.6 Å². The van der Waals surface area contributed by atoms with Crippen LogP contribution >= 0.6 is 11.3 Å². The molecule has 2 aliphatic rings. The first-order chi connectivity index (χ1) is 8.29. The highest BCUT2D eigenvalue weighted by Gasteiger charge is 2.36. The van der Waals surface area contributed by atoms with Crippen LogP contribution in [-0.4, -0.2) is 23.7 Å². The van der Waals surface area contributed by atoms with E-state index in [1.807, 2.05) is 12.2 Å². The standard InChI is InChI=1S/C12H9NO3S/c14-3-11-13-10(6-17-11)8-2-1-7-4-16-5-9(7)12(8)15/h1-4,6,8-9H,5H2. The third-order valence-corrected chi connectivity index (χ3v) is 3.76. The van der Waals surface area contributed by atoms with E-state index >= 15 is 0 Å². The number of allylic oxidation sites excluding steroid dienone is 2. The minimum Gasteiger partial charge on any atom is -0.500 e. The Kier molecular flexibility index (Phi) is 2.40. The summed E-state index contributed by atoms with van der Waals surface area (Å²) >= 11 is 1.26. The van der Waals surface area contributed by atoms with Crippen molar-refractivity contribution in [2.24, 2.45) is 5.92 Å². The van der Waals surface area contributed by atoms with Gasteiger partial charge in [0.25, 0.3) is 0 Å². The Morgan fingerprint density at radius 1 is 1.53 bits per heavy atom. The predicted octanol–water partition coefficient (Wildman–Crippen LogP) is 1.71. The summed E-state index contributed by atoms with van der Waals surface area (Å²) in [7, 11) is 0. The van der Waals surface area contributed by atoms with Crippen molar-refractivity contribution in [3.63, 3.8) is 0 Å². The molecule has 0 saturated heterocycles. The van der Waals surface area contributed by atoms with E-state index < -0.39 is 0 Å². The Morgan fingerprint density at radius 2 is 2.41 bits per heavy atom. The maximum Gasteiger partial charge on any atom is 0.178 e. The monoisotopic (exact) mass is 247 g/mol. The smallest absolute Gasteiger partial charge is 0.178 e. The summed E-state index contributed by atoms with van der Waals surface area (Å²) in [6, 6.07) is 0.